The van der Waals surface area contributed by atoms with E-state index in [0.29, 0.717) is 17.9 Å². The summed E-state index contributed by atoms with van der Waals surface area (Å²) in [7, 11) is 0. The molecular weight excluding hydrogens is 482 g/mol. The third-order valence-corrected chi connectivity index (χ3v) is 8.43. The molecule has 0 unspecified atom stereocenters. The van der Waals surface area contributed by atoms with E-state index >= 15 is 0 Å². The Balaban J connectivity index is 1.33. The van der Waals surface area contributed by atoms with Crippen LogP contribution in [0.4, 0.5) is 5.13 Å². The molecule has 1 aromatic heterocycles. The Labute approximate surface area is 202 Å². The number of amidine groups is 1. The van der Waals surface area contributed by atoms with Crippen molar-refractivity contribution < 1.29 is 29.3 Å². The highest BCUT2D eigenvalue weighted by Gasteiger charge is 2.55. The maximum Gasteiger partial charge on any atom is 0.352 e. The van der Waals surface area contributed by atoms with Crippen LogP contribution in [-0.2, 0) is 14.4 Å². The summed E-state index contributed by atoms with van der Waals surface area (Å²) in [5.41, 5.74) is 6.00. The number of fused-ring (bicyclic) bond motifs is 1. The predicted molar refractivity (Wildman–Crippen MR) is 125 cm³/mol. The minimum atomic E-state index is -1.15. The van der Waals surface area contributed by atoms with Crippen molar-refractivity contribution in [1.29, 1.82) is 0 Å². The molecule has 5 heterocycles. The number of amides is 2. The first kappa shape index (κ1) is 22.7. The Bertz CT molecular complexity index is 1160. The summed E-state index contributed by atoms with van der Waals surface area (Å²) in [6, 6.07) is -0.934. The van der Waals surface area contributed by atoms with Gasteiger partial charge in [0, 0.05) is 23.1 Å². The fraction of sp³-hybridized carbons (Fsp3) is 0.500. The molecule has 0 bridgehead atoms. The lowest BCUT2D eigenvalue weighted by molar-refractivity contribution is -0.529. The summed E-state index contributed by atoms with van der Waals surface area (Å²) in [6.45, 7) is 3.41. The van der Waals surface area contributed by atoms with Crippen molar-refractivity contribution in [1.82, 2.24) is 20.1 Å². The summed E-state index contributed by atoms with van der Waals surface area (Å²) >= 11 is 2.49. The summed E-state index contributed by atoms with van der Waals surface area (Å²) in [4.78, 5) is 45.2. The van der Waals surface area contributed by atoms with Crippen LogP contribution in [0, 0.1) is 0 Å². The van der Waals surface area contributed by atoms with Crippen molar-refractivity contribution in [2.45, 2.75) is 30.7 Å². The minimum Gasteiger partial charge on any atom is -0.477 e. The van der Waals surface area contributed by atoms with E-state index in [1.165, 1.54) is 27.9 Å². The quantitative estimate of drug-likeness (QED) is 0.131. The molecule has 1 fully saturated rings. The zero-order valence-corrected chi connectivity index (χ0v) is 19.8. The Morgan fingerprint density at radius 2 is 2.15 bits per heavy atom. The number of aromatic nitrogens is 1. The molecule has 4 aliphatic rings. The monoisotopic (exact) mass is 506 g/mol. The van der Waals surface area contributed by atoms with Crippen LogP contribution in [0.3, 0.4) is 0 Å². The van der Waals surface area contributed by atoms with Gasteiger partial charge in [0.05, 0.1) is 26.1 Å². The first-order valence-corrected chi connectivity index (χ1v) is 12.8. The second-order valence-corrected chi connectivity index (χ2v) is 10.4. The lowest BCUT2D eigenvalue weighted by atomic mass is 10.0. The van der Waals surface area contributed by atoms with E-state index in [0.717, 1.165) is 50.2 Å². The fourth-order valence-corrected chi connectivity index (χ4v) is 6.80. The number of nitrogens with one attached hydrogen (secondary N) is 1. The first-order chi connectivity index (χ1) is 16.4. The molecule has 0 aromatic carbocycles. The second-order valence-electron chi connectivity index (χ2n) is 8.42. The molecule has 12 nitrogen and oxygen atoms in total. The molecule has 180 valence electrons. The third-order valence-electron chi connectivity index (χ3n) is 6.41. The molecule has 2 amide bonds. The average molecular weight is 507 g/mol. The molecule has 2 atom stereocenters. The van der Waals surface area contributed by atoms with Gasteiger partial charge < -0.3 is 21.4 Å². The van der Waals surface area contributed by atoms with Crippen LogP contribution in [0.2, 0.25) is 0 Å². The van der Waals surface area contributed by atoms with E-state index in [1.807, 2.05) is 0 Å². The number of anilines is 1. The number of carboxylic acid groups (broad SMARTS) is 1. The second kappa shape index (κ2) is 8.91. The number of hydrogen-bond donors (Lipinski definition) is 4. The first-order valence-electron chi connectivity index (χ1n) is 10.9. The van der Waals surface area contributed by atoms with Gasteiger partial charge in [0.1, 0.15) is 29.4 Å². The number of thioether (sulfide) groups is 1. The zero-order chi connectivity index (χ0) is 24.0. The number of oxime groups is 1. The molecule has 34 heavy (non-hydrogen) atoms. The number of nitrogens with two attached hydrogens (primary N) is 1. The molecule has 1 saturated heterocycles. The van der Waals surface area contributed by atoms with Gasteiger partial charge in [-0.25, -0.2) is 9.78 Å². The van der Waals surface area contributed by atoms with Crippen molar-refractivity contribution in [2.75, 3.05) is 37.7 Å². The van der Waals surface area contributed by atoms with Gasteiger partial charge in [-0.3, -0.25) is 24.0 Å². The van der Waals surface area contributed by atoms with Crippen LogP contribution in [0.1, 0.15) is 25.0 Å². The average Bonchev–Trinajstić information content (AvgIpc) is 3.47. The molecule has 0 aliphatic carbocycles. The maximum atomic E-state index is 13.0. The zero-order valence-electron chi connectivity index (χ0n) is 18.1. The van der Waals surface area contributed by atoms with Gasteiger partial charge >= 0.3 is 5.97 Å². The maximum absolute atomic E-state index is 13.0. The highest BCUT2D eigenvalue weighted by Crippen LogP contribution is 2.40. The lowest BCUT2D eigenvalue weighted by Crippen LogP contribution is -2.71. The predicted octanol–water partition coefficient (Wildman–Crippen LogP) is -0.447. The molecule has 0 radical (unpaired) electrons. The van der Waals surface area contributed by atoms with Crippen molar-refractivity contribution in [2.24, 2.45) is 5.16 Å². The number of thiazole rings is 1. The van der Waals surface area contributed by atoms with Crippen molar-refractivity contribution in [3.8, 4) is 0 Å². The van der Waals surface area contributed by atoms with Crippen LogP contribution in [0.25, 0.3) is 0 Å². The number of carboxylic acids is 1. The molecule has 0 saturated carbocycles. The van der Waals surface area contributed by atoms with Crippen molar-refractivity contribution >= 4 is 57.6 Å². The van der Waals surface area contributed by atoms with Crippen LogP contribution in [-0.4, -0.2) is 102 Å². The standard InChI is InChI=1S/C20H23N7O5S2/c21-20-22-11(9-34-20)13(24-32)16(28)23-14-17(29)27-15(19(30)31)10(8-33-18(14)27)7-26-6-2-5-25-4-1-3-12(25)26/h9,14,18H,1-8H2,(H4-,21,22,23,28,30,31,32)/p+1/t14-,18-/m1/s1. The molecule has 5 N–H and O–H groups in total. The van der Waals surface area contributed by atoms with E-state index in [2.05, 4.69) is 24.9 Å². The molecule has 14 heteroatoms. The summed E-state index contributed by atoms with van der Waals surface area (Å²) in [6.07, 6.45) is 3.11. The van der Waals surface area contributed by atoms with E-state index in [1.54, 1.807) is 0 Å². The molecule has 0 spiro atoms. The van der Waals surface area contributed by atoms with E-state index in [-0.39, 0.29) is 22.2 Å². The number of hydrogen-bond acceptors (Lipinski definition) is 10. The highest BCUT2D eigenvalue weighted by molar-refractivity contribution is 8.00. The number of aliphatic carboxylic acids is 1. The van der Waals surface area contributed by atoms with Crippen molar-refractivity contribution in [3.63, 3.8) is 0 Å². The van der Waals surface area contributed by atoms with Crippen LogP contribution >= 0.6 is 23.1 Å². The smallest absolute Gasteiger partial charge is 0.352 e. The number of carbonyl (C=O) groups is 3. The van der Waals surface area contributed by atoms with Gasteiger partial charge in [-0.1, -0.05) is 5.16 Å². The molecule has 1 aromatic rings. The van der Waals surface area contributed by atoms with Gasteiger partial charge in [0.25, 0.3) is 11.8 Å². The van der Waals surface area contributed by atoms with Gasteiger partial charge in [0.15, 0.2) is 10.8 Å². The van der Waals surface area contributed by atoms with Crippen LogP contribution < -0.4 is 11.1 Å². The van der Waals surface area contributed by atoms with Crippen LogP contribution in [0.5, 0.6) is 0 Å². The van der Waals surface area contributed by atoms with Crippen molar-refractivity contribution in [3.05, 3.63) is 22.3 Å². The Morgan fingerprint density at radius 3 is 2.85 bits per heavy atom. The summed E-state index contributed by atoms with van der Waals surface area (Å²) in [5, 5.41) is 25.9. The molecule has 4 aliphatic heterocycles. The van der Waals surface area contributed by atoms with E-state index in [4.69, 9.17) is 5.73 Å². The van der Waals surface area contributed by atoms with Gasteiger partial charge in [-0.2, -0.15) is 0 Å². The number of β-lactam (4-membered cyclic amide) rings is 1. The van der Waals surface area contributed by atoms with Gasteiger partial charge in [0.2, 0.25) is 5.84 Å². The number of nitrogens with zero attached hydrogens (tertiary/aromatic N) is 5. The third kappa shape index (κ3) is 3.79. The van der Waals surface area contributed by atoms with E-state index < -0.39 is 29.2 Å². The minimum absolute atomic E-state index is 0.00158. The van der Waals surface area contributed by atoms with Crippen LogP contribution in [0.15, 0.2) is 21.8 Å². The van der Waals surface area contributed by atoms with Gasteiger partial charge in [-0.15, -0.1) is 23.1 Å². The highest BCUT2D eigenvalue weighted by atomic mass is 32.2. The Kier molecular flexibility index (Phi) is 5.93. The Morgan fingerprint density at radius 1 is 1.35 bits per heavy atom. The number of nitrogen functional groups attached to an aromatic ring is 1. The van der Waals surface area contributed by atoms with E-state index in [9.17, 15) is 24.7 Å². The fourth-order valence-electron chi connectivity index (χ4n) is 4.92. The topological polar surface area (TPSA) is 164 Å². The summed E-state index contributed by atoms with van der Waals surface area (Å²) < 4.78 is 2.36. The van der Waals surface area contributed by atoms with Gasteiger partial charge in [-0.05, 0) is 6.42 Å². The number of rotatable bonds is 6. The molecular formula is C20H24N7O5S2+. The largest absolute Gasteiger partial charge is 0.477 e. The summed E-state index contributed by atoms with van der Waals surface area (Å²) in [5.74, 6) is -0.752. The molecule has 5 rings (SSSR count). The lowest BCUT2D eigenvalue weighted by Gasteiger charge is -2.49. The Hall–Kier alpha value is -3.13. The number of carbonyl (C=O) groups excluding carboxylic acids is 2. The SMILES string of the molecule is Nc1nc(/C(=N/O)C(=O)N[C@@H]2C(=O)N3C(C(=O)O)=C(CN4CCC[N+]5=C4CCC5)CS[C@H]23)cs1. The normalized spacial score (nSPS) is 24.7.